The first-order chi connectivity index (χ1) is 11.7. The lowest BCUT2D eigenvalue weighted by Crippen LogP contribution is -2.45. The molecule has 0 bridgehead atoms. The minimum absolute atomic E-state index is 0.0969. The lowest BCUT2D eigenvalue weighted by Gasteiger charge is -2.34. The predicted molar refractivity (Wildman–Crippen MR) is 95.0 cm³/mol. The highest BCUT2D eigenvalue weighted by Gasteiger charge is 2.26. The van der Waals surface area contributed by atoms with Gasteiger partial charge in [-0.2, -0.15) is 0 Å². The minimum atomic E-state index is -0.199. The van der Waals surface area contributed by atoms with Crippen LogP contribution in [0.3, 0.4) is 0 Å². The third-order valence-corrected chi connectivity index (χ3v) is 4.70. The third kappa shape index (κ3) is 4.07. The lowest BCUT2D eigenvalue weighted by molar-refractivity contribution is 0.302. The van der Waals surface area contributed by atoms with E-state index < -0.39 is 0 Å². The van der Waals surface area contributed by atoms with Crippen LogP contribution in [-0.2, 0) is 6.54 Å². The number of nitrogens with one attached hydrogen (secondary N) is 2. The Morgan fingerprint density at radius 1 is 1.29 bits per heavy atom. The molecule has 0 aliphatic carbocycles. The molecule has 1 saturated heterocycles. The van der Waals surface area contributed by atoms with Gasteiger partial charge in [-0.25, -0.2) is 4.39 Å². The van der Waals surface area contributed by atoms with Crippen LogP contribution in [0.1, 0.15) is 30.0 Å². The molecule has 128 valence electrons. The summed E-state index contributed by atoms with van der Waals surface area (Å²) >= 11 is 6.10. The third-order valence-electron chi connectivity index (χ3n) is 4.46. The molecule has 5 heteroatoms. The van der Waals surface area contributed by atoms with Crippen molar-refractivity contribution < 1.29 is 9.13 Å². The molecule has 2 atom stereocenters. The van der Waals surface area contributed by atoms with E-state index in [2.05, 4.69) is 10.6 Å². The SMILES string of the molecule is COc1ccc(Cl)cc1CNC1CCCNC1c1cccc(F)c1. The maximum Gasteiger partial charge on any atom is 0.123 e. The van der Waals surface area contributed by atoms with Gasteiger partial charge in [0.1, 0.15) is 11.6 Å². The molecule has 1 fully saturated rings. The predicted octanol–water partition coefficient (Wildman–Crippen LogP) is 4.07. The summed E-state index contributed by atoms with van der Waals surface area (Å²) in [5.41, 5.74) is 2.00. The van der Waals surface area contributed by atoms with Crippen molar-refractivity contribution >= 4 is 11.6 Å². The van der Waals surface area contributed by atoms with E-state index >= 15 is 0 Å². The first-order valence-electron chi connectivity index (χ1n) is 8.22. The van der Waals surface area contributed by atoms with Gasteiger partial charge in [0, 0.05) is 29.2 Å². The Kier molecular flexibility index (Phi) is 5.72. The molecule has 2 unspecified atom stereocenters. The molecule has 2 aromatic rings. The molecule has 2 aromatic carbocycles. The van der Waals surface area contributed by atoms with E-state index in [0.717, 1.165) is 36.3 Å². The minimum Gasteiger partial charge on any atom is -0.496 e. The summed E-state index contributed by atoms with van der Waals surface area (Å²) in [6, 6.07) is 12.8. The average molecular weight is 349 g/mol. The molecule has 0 radical (unpaired) electrons. The fourth-order valence-electron chi connectivity index (χ4n) is 3.28. The highest BCUT2D eigenvalue weighted by molar-refractivity contribution is 6.30. The summed E-state index contributed by atoms with van der Waals surface area (Å²) < 4.78 is 19.0. The summed E-state index contributed by atoms with van der Waals surface area (Å²) in [7, 11) is 1.66. The van der Waals surface area contributed by atoms with Gasteiger partial charge in [0.15, 0.2) is 0 Å². The first-order valence-corrected chi connectivity index (χ1v) is 8.60. The maximum atomic E-state index is 13.6. The zero-order valence-corrected chi connectivity index (χ0v) is 14.4. The lowest BCUT2D eigenvalue weighted by atomic mass is 9.92. The molecule has 3 rings (SSSR count). The second kappa shape index (κ2) is 7.97. The Balaban J connectivity index is 1.74. The van der Waals surface area contributed by atoms with E-state index in [0.29, 0.717) is 11.6 Å². The normalized spacial score (nSPS) is 20.8. The van der Waals surface area contributed by atoms with Crippen LogP contribution in [0.4, 0.5) is 4.39 Å². The zero-order valence-electron chi connectivity index (χ0n) is 13.7. The zero-order chi connectivity index (χ0) is 16.9. The van der Waals surface area contributed by atoms with Crippen LogP contribution in [-0.4, -0.2) is 19.7 Å². The summed E-state index contributed by atoms with van der Waals surface area (Å²) in [6.07, 6.45) is 2.13. The molecule has 2 N–H and O–H groups in total. The molecule has 0 spiro atoms. The van der Waals surface area contributed by atoms with Crippen molar-refractivity contribution in [2.75, 3.05) is 13.7 Å². The fraction of sp³-hybridized carbons (Fsp3) is 0.368. The van der Waals surface area contributed by atoms with Crippen molar-refractivity contribution in [2.45, 2.75) is 31.5 Å². The molecular weight excluding hydrogens is 327 g/mol. The van der Waals surface area contributed by atoms with Gasteiger partial charge in [-0.3, -0.25) is 0 Å². The molecule has 3 nitrogen and oxygen atoms in total. The van der Waals surface area contributed by atoms with Crippen molar-refractivity contribution in [3.63, 3.8) is 0 Å². The Hall–Kier alpha value is -1.62. The van der Waals surface area contributed by atoms with Crippen LogP contribution in [0.15, 0.2) is 42.5 Å². The van der Waals surface area contributed by atoms with Crippen molar-refractivity contribution in [3.05, 3.63) is 64.4 Å². The number of piperidine rings is 1. The summed E-state index contributed by atoms with van der Waals surface area (Å²) in [4.78, 5) is 0. The van der Waals surface area contributed by atoms with Crippen molar-refractivity contribution in [3.8, 4) is 5.75 Å². The number of benzene rings is 2. The smallest absolute Gasteiger partial charge is 0.123 e. The van der Waals surface area contributed by atoms with Crippen LogP contribution < -0.4 is 15.4 Å². The number of methoxy groups -OCH3 is 1. The topological polar surface area (TPSA) is 33.3 Å². The van der Waals surface area contributed by atoms with Crippen LogP contribution in [0.25, 0.3) is 0 Å². The van der Waals surface area contributed by atoms with E-state index in [4.69, 9.17) is 16.3 Å². The van der Waals surface area contributed by atoms with Crippen molar-refractivity contribution in [1.82, 2.24) is 10.6 Å². The Morgan fingerprint density at radius 2 is 2.17 bits per heavy atom. The Labute approximate surface area is 147 Å². The van der Waals surface area contributed by atoms with Crippen molar-refractivity contribution in [2.24, 2.45) is 0 Å². The van der Waals surface area contributed by atoms with Gasteiger partial charge in [-0.05, 0) is 55.3 Å². The number of rotatable bonds is 5. The second-order valence-electron chi connectivity index (χ2n) is 6.07. The number of ether oxygens (including phenoxy) is 1. The van der Waals surface area contributed by atoms with E-state index in [9.17, 15) is 4.39 Å². The Morgan fingerprint density at radius 3 is 2.96 bits per heavy atom. The van der Waals surface area contributed by atoms with Crippen LogP contribution in [0.2, 0.25) is 5.02 Å². The standard InChI is InChI=1S/C19H22ClFN2O/c1-24-18-8-7-15(20)10-14(18)12-23-17-6-3-9-22-19(17)13-4-2-5-16(21)11-13/h2,4-5,7-8,10-11,17,19,22-23H,3,6,9,12H2,1H3. The largest absolute Gasteiger partial charge is 0.496 e. The van der Waals surface area contributed by atoms with E-state index in [1.54, 1.807) is 19.2 Å². The molecular formula is C19H22ClFN2O. The van der Waals surface area contributed by atoms with Crippen LogP contribution in [0, 0.1) is 5.82 Å². The quantitative estimate of drug-likeness (QED) is 0.854. The van der Waals surface area contributed by atoms with Crippen LogP contribution in [0.5, 0.6) is 5.75 Å². The van der Waals surface area contributed by atoms with Gasteiger partial charge in [0.2, 0.25) is 0 Å². The molecule has 1 aliphatic heterocycles. The number of hydrogen-bond acceptors (Lipinski definition) is 3. The fourth-order valence-corrected chi connectivity index (χ4v) is 3.48. The second-order valence-corrected chi connectivity index (χ2v) is 6.51. The highest BCUT2D eigenvalue weighted by atomic mass is 35.5. The first kappa shape index (κ1) is 17.2. The van der Waals surface area contributed by atoms with Gasteiger partial charge in [-0.15, -0.1) is 0 Å². The van der Waals surface area contributed by atoms with E-state index in [1.807, 2.05) is 24.3 Å². The summed E-state index contributed by atoms with van der Waals surface area (Å²) in [6.45, 7) is 1.60. The highest BCUT2D eigenvalue weighted by Crippen LogP contribution is 2.26. The van der Waals surface area contributed by atoms with Crippen LogP contribution >= 0.6 is 11.6 Å². The van der Waals surface area contributed by atoms with Gasteiger partial charge >= 0.3 is 0 Å². The van der Waals surface area contributed by atoms with Gasteiger partial charge in [0.25, 0.3) is 0 Å². The molecule has 1 aliphatic rings. The molecule has 0 aromatic heterocycles. The number of hydrogen-bond donors (Lipinski definition) is 2. The van der Waals surface area contributed by atoms with E-state index in [-0.39, 0.29) is 17.9 Å². The monoisotopic (exact) mass is 348 g/mol. The molecule has 0 saturated carbocycles. The molecule has 24 heavy (non-hydrogen) atoms. The number of halogens is 2. The molecule has 1 heterocycles. The van der Waals surface area contributed by atoms with Crippen molar-refractivity contribution in [1.29, 1.82) is 0 Å². The van der Waals surface area contributed by atoms with Gasteiger partial charge in [0.05, 0.1) is 7.11 Å². The van der Waals surface area contributed by atoms with E-state index in [1.165, 1.54) is 6.07 Å². The van der Waals surface area contributed by atoms with Gasteiger partial charge in [-0.1, -0.05) is 23.7 Å². The summed E-state index contributed by atoms with van der Waals surface area (Å²) in [5.74, 6) is 0.619. The average Bonchev–Trinajstić information content (AvgIpc) is 2.60. The van der Waals surface area contributed by atoms with Gasteiger partial charge < -0.3 is 15.4 Å². The Bertz CT molecular complexity index is 695. The maximum absolute atomic E-state index is 13.6. The summed E-state index contributed by atoms with van der Waals surface area (Å²) in [5, 5.41) is 7.78. The molecule has 0 amide bonds.